The zero-order valence-corrected chi connectivity index (χ0v) is 13.7. The molecule has 0 atom stereocenters. The van der Waals surface area contributed by atoms with Crippen LogP contribution in [0.25, 0.3) is 0 Å². The van der Waals surface area contributed by atoms with Gasteiger partial charge in [0, 0.05) is 39.1 Å². The van der Waals surface area contributed by atoms with Gasteiger partial charge in [-0.1, -0.05) is 13.8 Å². The number of aliphatic imine (C=N–C) groups is 1. The van der Waals surface area contributed by atoms with E-state index >= 15 is 0 Å². The molecule has 2 N–H and O–H groups in total. The Morgan fingerprint density at radius 3 is 2.72 bits per heavy atom. The molecule has 0 aliphatic carbocycles. The van der Waals surface area contributed by atoms with Gasteiger partial charge in [-0.2, -0.15) is 5.10 Å². The van der Waals surface area contributed by atoms with Gasteiger partial charge in [-0.15, -0.1) is 24.0 Å². The number of nitrogens with one attached hydrogen (secondary N) is 2. The van der Waals surface area contributed by atoms with Gasteiger partial charge >= 0.3 is 0 Å². The Morgan fingerprint density at radius 1 is 1.39 bits per heavy atom. The lowest BCUT2D eigenvalue weighted by Gasteiger charge is -2.13. The lowest BCUT2D eigenvalue weighted by Crippen LogP contribution is -2.39. The van der Waals surface area contributed by atoms with Crippen LogP contribution in [0.15, 0.2) is 23.5 Å². The van der Waals surface area contributed by atoms with Crippen LogP contribution in [0.3, 0.4) is 0 Å². The molecular formula is C12H24IN5. The minimum atomic E-state index is 0. The number of nitrogens with zero attached hydrogens (tertiary/aromatic N) is 3. The number of hydrogen-bond donors (Lipinski definition) is 2. The van der Waals surface area contributed by atoms with Crippen molar-refractivity contribution >= 4 is 29.9 Å². The van der Waals surface area contributed by atoms with Crippen LogP contribution >= 0.6 is 24.0 Å². The molecule has 0 saturated heterocycles. The summed E-state index contributed by atoms with van der Waals surface area (Å²) in [6.45, 7) is 7.13. The second-order valence-electron chi connectivity index (χ2n) is 4.40. The molecule has 1 aromatic heterocycles. The van der Waals surface area contributed by atoms with E-state index in [1.54, 1.807) is 13.2 Å². The molecule has 0 saturated carbocycles. The highest BCUT2D eigenvalue weighted by Gasteiger charge is 1.98. The Hall–Kier alpha value is -0.790. The van der Waals surface area contributed by atoms with Crippen LogP contribution in [0.4, 0.5) is 0 Å². The van der Waals surface area contributed by atoms with Gasteiger partial charge in [-0.25, -0.2) is 0 Å². The van der Waals surface area contributed by atoms with E-state index in [4.69, 9.17) is 0 Å². The Bertz CT molecular complexity index is 321. The van der Waals surface area contributed by atoms with E-state index in [1.165, 1.54) is 0 Å². The first-order valence-electron chi connectivity index (χ1n) is 6.14. The Kier molecular flexibility index (Phi) is 9.72. The Balaban J connectivity index is 0.00000289. The summed E-state index contributed by atoms with van der Waals surface area (Å²) in [7, 11) is 1.79. The monoisotopic (exact) mass is 365 g/mol. The molecule has 0 aliphatic heterocycles. The van der Waals surface area contributed by atoms with Crippen molar-refractivity contribution in [3.8, 4) is 0 Å². The van der Waals surface area contributed by atoms with E-state index in [0.29, 0.717) is 5.92 Å². The molecule has 0 radical (unpaired) electrons. The Morgan fingerprint density at radius 2 is 2.17 bits per heavy atom. The van der Waals surface area contributed by atoms with E-state index < -0.39 is 0 Å². The second-order valence-corrected chi connectivity index (χ2v) is 4.40. The standard InChI is InChI=1S/C12H23N5.HI/c1-11(2)10-15-12(13-3)14-6-4-8-17-9-5-7-16-17;/h5,7,9,11H,4,6,8,10H2,1-3H3,(H2,13,14,15);1H. The first-order valence-corrected chi connectivity index (χ1v) is 6.14. The molecule has 0 fully saturated rings. The summed E-state index contributed by atoms with van der Waals surface area (Å²) in [5, 5.41) is 10.7. The molecule has 6 heteroatoms. The van der Waals surface area contributed by atoms with Crippen molar-refractivity contribution < 1.29 is 0 Å². The predicted molar refractivity (Wildman–Crippen MR) is 86.5 cm³/mol. The van der Waals surface area contributed by atoms with Crippen molar-refractivity contribution in [1.29, 1.82) is 0 Å². The maximum absolute atomic E-state index is 4.17. The van der Waals surface area contributed by atoms with E-state index in [2.05, 4.69) is 34.6 Å². The third kappa shape index (κ3) is 7.52. The van der Waals surface area contributed by atoms with Crippen molar-refractivity contribution in [2.45, 2.75) is 26.8 Å². The third-order valence-corrected chi connectivity index (χ3v) is 2.32. The highest BCUT2D eigenvalue weighted by molar-refractivity contribution is 14.0. The largest absolute Gasteiger partial charge is 0.356 e. The average Bonchev–Trinajstić information content (AvgIpc) is 2.81. The molecular weight excluding hydrogens is 341 g/mol. The number of hydrogen-bond acceptors (Lipinski definition) is 2. The van der Waals surface area contributed by atoms with Crippen LogP contribution < -0.4 is 10.6 Å². The fourth-order valence-electron chi connectivity index (χ4n) is 1.40. The van der Waals surface area contributed by atoms with Crippen LogP contribution in [-0.2, 0) is 6.54 Å². The van der Waals surface area contributed by atoms with E-state index in [9.17, 15) is 0 Å². The van der Waals surface area contributed by atoms with Gasteiger partial charge in [0.25, 0.3) is 0 Å². The minimum absolute atomic E-state index is 0. The van der Waals surface area contributed by atoms with Gasteiger partial charge < -0.3 is 10.6 Å². The van der Waals surface area contributed by atoms with Crippen LogP contribution in [0, 0.1) is 5.92 Å². The summed E-state index contributed by atoms with van der Waals surface area (Å²) in [6.07, 6.45) is 4.81. The molecule has 18 heavy (non-hydrogen) atoms. The lowest BCUT2D eigenvalue weighted by molar-refractivity contribution is 0.565. The summed E-state index contributed by atoms with van der Waals surface area (Å²) >= 11 is 0. The van der Waals surface area contributed by atoms with Crippen molar-refractivity contribution in [1.82, 2.24) is 20.4 Å². The molecule has 0 aliphatic rings. The topological polar surface area (TPSA) is 54.2 Å². The molecule has 1 rings (SSSR count). The fourth-order valence-corrected chi connectivity index (χ4v) is 1.40. The van der Waals surface area contributed by atoms with Crippen molar-refractivity contribution in [3.63, 3.8) is 0 Å². The molecule has 5 nitrogen and oxygen atoms in total. The third-order valence-electron chi connectivity index (χ3n) is 2.32. The van der Waals surface area contributed by atoms with Gasteiger partial charge in [-0.05, 0) is 18.4 Å². The maximum Gasteiger partial charge on any atom is 0.190 e. The van der Waals surface area contributed by atoms with E-state index in [-0.39, 0.29) is 24.0 Å². The number of guanidine groups is 1. The smallest absolute Gasteiger partial charge is 0.190 e. The van der Waals surface area contributed by atoms with Gasteiger partial charge in [0.1, 0.15) is 0 Å². The van der Waals surface area contributed by atoms with Crippen molar-refractivity contribution in [2.24, 2.45) is 10.9 Å². The van der Waals surface area contributed by atoms with Crippen molar-refractivity contribution in [3.05, 3.63) is 18.5 Å². The number of halogens is 1. The SMILES string of the molecule is CN=C(NCCCn1cccn1)NCC(C)C.I. The van der Waals surface area contributed by atoms with E-state index in [0.717, 1.165) is 32.0 Å². The molecule has 0 bridgehead atoms. The average molecular weight is 365 g/mol. The summed E-state index contributed by atoms with van der Waals surface area (Å²) in [6, 6.07) is 1.94. The van der Waals surface area contributed by atoms with Gasteiger partial charge in [0.15, 0.2) is 5.96 Å². The first kappa shape index (κ1) is 17.2. The molecule has 0 amide bonds. The zero-order chi connectivity index (χ0) is 12.5. The number of aryl methyl sites for hydroxylation is 1. The number of rotatable bonds is 6. The van der Waals surface area contributed by atoms with Crippen molar-refractivity contribution in [2.75, 3.05) is 20.1 Å². The van der Waals surface area contributed by atoms with Crippen LogP contribution in [0.1, 0.15) is 20.3 Å². The van der Waals surface area contributed by atoms with Gasteiger partial charge in [0.05, 0.1) is 0 Å². The molecule has 104 valence electrons. The quantitative estimate of drug-likeness (QED) is 0.349. The Labute approximate surface area is 126 Å². The summed E-state index contributed by atoms with van der Waals surface area (Å²) in [5.74, 6) is 1.50. The lowest BCUT2D eigenvalue weighted by atomic mass is 10.2. The predicted octanol–water partition coefficient (Wildman–Crippen LogP) is 1.71. The fraction of sp³-hybridized carbons (Fsp3) is 0.667. The molecule has 0 unspecified atom stereocenters. The zero-order valence-electron chi connectivity index (χ0n) is 11.4. The van der Waals surface area contributed by atoms with Crippen LogP contribution in [0.2, 0.25) is 0 Å². The first-order chi connectivity index (χ1) is 8.22. The van der Waals surface area contributed by atoms with Crippen LogP contribution in [-0.4, -0.2) is 35.9 Å². The highest BCUT2D eigenvalue weighted by atomic mass is 127. The van der Waals surface area contributed by atoms with Gasteiger partial charge in [0.2, 0.25) is 0 Å². The number of aromatic nitrogens is 2. The molecule has 1 aromatic rings. The van der Waals surface area contributed by atoms with Gasteiger partial charge in [-0.3, -0.25) is 9.67 Å². The molecule has 1 heterocycles. The van der Waals surface area contributed by atoms with Crippen LogP contribution in [0.5, 0.6) is 0 Å². The minimum Gasteiger partial charge on any atom is -0.356 e. The second kappa shape index (κ2) is 10.2. The molecule has 0 aromatic carbocycles. The normalized spacial score (nSPS) is 11.2. The maximum atomic E-state index is 4.17. The highest BCUT2D eigenvalue weighted by Crippen LogP contribution is 1.89. The van der Waals surface area contributed by atoms with E-state index in [1.807, 2.05) is 16.9 Å². The molecule has 0 spiro atoms. The summed E-state index contributed by atoms with van der Waals surface area (Å²) < 4.78 is 1.94. The summed E-state index contributed by atoms with van der Waals surface area (Å²) in [4.78, 5) is 4.17. The summed E-state index contributed by atoms with van der Waals surface area (Å²) in [5.41, 5.74) is 0.